The summed E-state index contributed by atoms with van der Waals surface area (Å²) >= 11 is 0. The maximum atomic E-state index is 14.1. The van der Waals surface area contributed by atoms with Crippen molar-refractivity contribution in [2.45, 2.75) is 77.7 Å². The van der Waals surface area contributed by atoms with Crippen LogP contribution in [0.2, 0.25) is 0 Å². The molecule has 29 heavy (non-hydrogen) atoms. The van der Waals surface area contributed by atoms with E-state index in [9.17, 15) is 4.79 Å². The van der Waals surface area contributed by atoms with Gasteiger partial charge >= 0.3 is 0 Å². The minimum Gasteiger partial charge on any atom is -0.342 e. The van der Waals surface area contributed by atoms with Crippen LogP contribution in [-0.2, 0) is 10.2 Å². The molecule has 4 saturated carbocycles. The maximum Gasteiger partial charge on any atom is 0.228 e. The molecule has 2 unspecified atom stereocenters. The SMILES string of the molecule is CC1(C)C2CC3(C(=O)N4CC[C@H](N)C(C)(C)C4)CC1CC(c1ccccc1)(C2)C3. The third kappa shape index (κ3) is 2.76. The molecule has 1 aromatic carbocycles. The second-order valence-corrected chi connectivity index (χ2v) is 12.2. The van der Waals surface area contributed by atoms with Crippen LogP contribution in [0.15, 0.2) is 30.3 Å². The molecular formula is C26H38N2O. The molecule has 1 saturated heterocycles. The van der Waals surface area contributed by atoms with Crippen molar-refractivity contribution in [3.8, 4) is 0 Å². The van der Waals surface area contributed by atoms with E-state index in [1.165, 1.54) is 18.4 Å². The summed E-state index contributed by atoms with van der Waals surface area (Å²) in [6.07, 6.45) is 6.67. The average molecular weight is 395 g/mol. The Morgan fingerprint density at radius 3 is 2.21 bits per heavy atom. The van der Waals surface area contributed by atoms with E-state index in [4.69, 9.17) is 5.73 Å². The topological polar surface area (TPSA) is 46.3 Å². The average Bonchev–Trinajstić information content (AvgIpc) is 2.68. The molecule has 5 fully saturated rings. The predicted octanol–water partition coefficient (Wildman–Crippen LogP) is 4.75. The highest BCUT2D eigenvalue weighted by atomic mass is 16.2. The Morgan fingerprint density at radius 2 is 1.62 bits per heavy atom. The molecule has 6 rings (SSSR count). The van der Waals surface area contributed by atoms with Gasteiger partial charge in [-0.15, -0.1) is 0 Å². The van der Waals surface area contributed by atoms with Crippen molar-refractivity contribution in [2.75, 3.05) is 13.1 Å². The summed E-state index contributed by atoms with van der Waals surface area (Å²) in [5.41, 5.74) is 8.25. The minimum absolute atomic E-state index is 0.00654. The molecule has 1 heterocycles. The molecule has 0 radical (unpaired) electrons. The number of piperidine rings is 1. The number of hydrogen-bond acceptors (Lipinski definition) is 2. The van der Waals surface area contributed by atoms with Crippen LogP contribution in [0.25, 0.3) is 0 Å². The van der Waals surface area contributed by atoms with E-state index in [0.29, 0.717) is 23.2 Å². The van der Waals surface area contributed by atoms with Gasteiger partial charge in [0.25, 0.3) is 0 Å². The van der Waals surface area contributed by atoms with Crippen LogP contribution >= 0.6 is 0 Å². The first-order valence-electron chi connectivity index (χ1n) is 11.7. The molecule has 0 spiro atoms. The van der Waals surface area contributed by atoms with E-state index >= 15 is 0 Å². The molecule has 1 aromatic rings. The number of likely N-dealkylation sites (tertiary alicyclic amines) is 1. The van der Waals surface area contributed by atoms with Crippen LogP contribution in [0.5, 0.6) is 0 Å². The second kappa shape index (κ2) is 6.09. The second-order valence-electron chi connectivity index (χ2n) is 12.2. The van der Waals surface area contributed by atoms with Crippen molar-refractivity contribution < 1.29 is 4.79 Å². The molecule has 4 bridgehead atoms. The van der Waals surface area contributed by atoms with Gasteiger partial charge in [0.2, 0.25) is 5.91 Å². The number of nitrogens with zero attached hydrogens (tertiary/aromatic N) is 1. The molecule has 3 heteroatoms. The molecule has 158 valence electrons. The van der Waals surface area contributed by atoms with Crippen LogP contribution in [0.1, 0.15) is 71.8 Å². The smallest absolute Gasteiger partial charge is 0.228 e. The fourth-order valence-corrected chi connectivity index (χ4v) is 7.78. The van der Waals surface area contributed by atoms with Gasteiger partial charge in [-0.3, -0.25) is 4.79 Å². The molecule has 1 amide bonds. The lowest BCUT2D eigenvalue weighted by molar-refractivity contribution is -0.182. The summed E-state index contributed by atoms with van der Waals surface area (Å²) < 4.78 is 0. The summed E-state index contributed by atoms with van der Waals surface area (Å²) in [7, 11) is 0. The molecule has 1 aliphatic heterocycles. The van der Waals surface area contributed by atoms with Crippen LogP contribution in [0.4, 0.5) is 0 Å². The first-order valence-corrected chi connectivity index (χ1v) is 11.7. The van der Waals surface area contributed by atoms with Crippen molar-refractivity contribution in [3.63, 3.8) is 0 Å². The fourth-order valence-electron chi connectivity index (χ4n) is 7.78. The number of carbonyl (C=O) groups is 1. The normalized spacial score (nSPS) is 42.1. The lowest BCUT2D eigenvalue weighted by Crippen LogP contribution is -2.66. The van der Waals surface area contributed by atoms with E-state index in [2.05, 4.69) is 62.9 Å². The predicted molar refractivity (Wildman–Crippen MR) is 117 cm³/mol. The van der Waals surface area contributed by atoms with Gasteiger partial charge in [-0.1, -0.05) is 58.0 Å². The van der Waals surface area contributed by atoms with E-state index in [0.717, 1.165) is 38.8 Å². The van der Waals surface area contributed by atoms with Crippen molar-refractivity contribution in [3.05, 3.63) is 35.9 Å². The van der Waals surface area contributed by atoms with E-state index in [1.807, 2.05) is 0 Å². The third-order valence-corrected chi connectivity index (χ3v) is 9.77. The summed E-state index contributed by atoms with van der Waals surface area (Å²) in [5, 5.41) is 0. The Bertz CT molecular complexity index is 793. The van der Waals surface area contributed by atoms with Crippen molar-refractivity contribution in [1.29, 1.82) is 0 Å². The summed E-state index contributed by atoms with van der Waals surface area (Å²) in [5.74, 6) is 1.74. The minimum atomic E-state index is -0.158. The molecule has 4 aliphatic carbocycles. The van der Waals surface area contributed by atoms with Gasteiger partial charge < -0.3 is 10.6 Å². The summed E-state index contributed by atoms with van der Waals surface area (Å²) in [6, 6.07) is 11.3. The molecule has 2 N–H and O–H groups in total. The number of carbonyl (C=O) groups excluding carboxylic acids is 1. The van der Waals surface area contributed by atoms with Gasteiger partial charge in [0, 0.05) is 19.1 Å². The van der Waals surface area contributed by atoms with Crippen LogP contribution in [-0.4, -0.2) is 29.9 Å². The Morgan fingerprint density at radius 1 is 1.00 bits per heavy atom. The van der Waals surface area contributed by atoms with Crippen molar-refractivity contribution >= 4 is 5.91 Å². The number of hydrogen-bond donors (Lipinski definition) is 1. The van der Waals surface area contributed by atoms with Gasteiger partial charge in [-0.2, -0.15) is 0 Å². The number of amides is 1. The zero-order valence-corrected chi connectivity index (χ0v) is 18.7. The van der Waals surface area contributed by atoms with Crippen LogP contribution < -0.4 is 5.73 Å². The zero-order valence-electron chi connectivity index (χ0n) is 18.7. The van der Waals surface area contributed by atoms with Crippen molar-refractivity contribution in [2.24, 2.45) is 33.8 Å². The molecule has 3 atom stereocenters. The number of rotatable bonds is 2. The van der Waals surface area contributed by atoms with Gasteiger partial charge in [0.15, 0.2) is 0 Å². The largest absolute Gasteiger partial charge is 0.342 e. The standard InChI is InChI=1S/C26H38N2O/c1-23(2)17-28(11-10-21(23)27)22(29)26-14-19-12-25(16-26,18-8-6-5-7-9-18)13-20(15-26)24(19,3)4/h5-9,19-21H,10-17,27H2,1-4H3/t19?,20?,21-,25?,26?/m0/s1. The van der Waals surface area contributed by atoms with Gasteiger partial charge in [0.05, 0.1) is 5.41 Å². The number of benzene rings is 1. The molecule has 0 aromatic heterocycles. The van der Waals surface area contributed by atoms with Crippen molar-refractivity contribution in [1.82, 2.24) is 4.90 Å². The Kier molecular flexibility index (Phi) is 4.12. The lowest BCUT2D eigenvalue weighted by Gasteiger charge is -2.68. The van der Waals surface area contributed by atoms with E-state index in [1.54, 1.807) is 0 Å². The summed E-state index contributed by atoms with van der Waals surface area (Å²) in [4.78, 5) is 16.3. The Labute approximate surface area is 176 Å². The van der Waals surface area contributed by atoms with E-state index < -0.39 is 0 Å². The Hall–Kier alpha value is -1.35. The molecule has 5 aliphatic rings. The first kappa shape index (κ1) is 19.6. The third-order valence-electron chi connectivity index (χ3n) is 9.77. The Balaban J connectivity index is 1.51. The van der Waals surface area contributed by atoms with Gasteiger partial charge in [-0.25, -0.2) is 0 Å². The highest BCUT2D eigenvalue weighted by Gasteiger charge is 2.66. The van der Waals surface area contributed by atoms with Gasteiger partial charge in [-0.05, 0) is 72.2 Å². The fraction of sp³-hybridized carbons (Fsp3) is 0.731. The van der Waals surface area contributed by atoms with Crippen LogP contribution in [0.3, 0.4) is 0 Å². The van der Waals surface area contributed by atoms with Gasteiger partial charge in [0.1, 0.15) is 0 Å². The monoisotopic (exact) mass is 394 g/mol. The number of nitrogens with two attached hydrogens (primary N) is 1. The van der Waals surface area contributed by atoms with E-state index in [-0.39, 0.29) is 22.3 Å². The zero-order chi connectivity index (χ0) is 20.7. The first-order chi connectivity index (χ1) is 13.6. The highest BCUT2D eigenvalue weighted by molar-refractivity contribution is 5.84. The highest BCUT2D eigenvalue weighted by Crippen LogP contribution is 2.71. The lowest BCUT2D eigenvalue weighted by atomic mass is 9.36. The molecular weight excluding hydrogens is 356 g/mol. The quantitative estimate of drug-likeness (QED) is 0.787. The maximum absolute atomic E-state index is 14.1. The van der Waals surface area contributed by atoms with Crippen LogP contribution in [0, 0.1) is 28.1 Å². The molecule has 3 nitrogen and oxygen atoms in total. The summed E-state index contributed by atoms with van der Waals surface area (Å²) in [6.45, 7) is 11.0.